The van der Waals surface area contributed by atoms with Gasteiger partial charge in [-0.1, -0.05) is 6.92 Å². The maximum Gasteiger partial charge on any atom is 0.406 e. The van der Waals surface area contributed by atoms with E-state index in [0.29, 0.717) is 32.4 Å². The highest BCUT2D eigenvalue weighted by Gasteiger charge is 2.36. The summed E-state index contributed by atoms with van der Waals surface area (Å²) in [5.41, 5.74) is 0. The lowest BCUT2D eigenvalue weighted by Crippen LogP contribution is -2.47. The Bertz CT molecular complexity index is 408. The van der Waals surface area contributed by atoms with Gasteiger partial charge in [0.2, 0.25) is 5.91 Å². The van der Waals surface area contributed by atoms with Gasteiger partial charge in [-0.15, -0.1) is 12.4 Å². The highest BCUT2D eigenvalue weighted by Crippen LogP contribution is 2.23. The van der Waals surface area contributed by atoms with Gasteiger partial charge >= 0.3 is 12.1 Å². The number of halogens is 4. The normalized spacial score (nSPS) is 18.8. The van der Waals surface area contributed by atoms with Crippen LogP contribution >= 0.6 is 12.4 Å². The smallest absolute Gasteiger partial charge is 0.406 e. The average Bonchev–Trinajstić information content (AvgIpc) is 2.44. The van der Waals surface area contributed by atoms with Gasteiger partial charge in [-0.25, -0.2) is 0 Å². The first-order valence-corrected chi connectivity index (χ1v) is 8.02. The number of amides is 1. The predicted molar refractivity (Wildman–Crippen MR) is 86.2 cm³/mol. The van der Waals surface area contributed by atoms with E-state index in [2.05, 4.69) is 0 Å². The van der Waals surface area contributed by atoms with Gasteiger partial charge in [-0.3, -0.25) is 9.59 Å². The molecule has 0 aliphatic carbocycles. The number of alkyl halides is 3. The molecule has 142 valence electrons. The molecule has 0 radical (unpaired) electrons. The van der Waals surface area contributed by atoms with Crippen LogP contribution in [0.4, 0.5) is 13.2 Å². The first-order valence-electron chi connectivity index (χ1n) is 8.02. The molecule has 0 aromatic heterocycles. The van der Waals surface area contributed by atoms with Crippen molar-refractivity contribution in [3.8, 4) is 0 Å². The van der Waals surface area contributed by atoms with Gasteiger partial charge in [0.1, 0.15) is 6.54 Å². The van der Waals surface area contributed by atoms with E-state index >= 15 is 0 Å². The number of carboxylic acids is 1. The summed E-state index contributed by atoms with van der Waals surface area (Å²) >= 11 is 0. The minimum atomic E-state index is -4.39. The van der Waals surface area contributed by atoms with Gasteiger partial charge in [0.25, 0.3) is 0 Å². The van der Waals surface area contributed by atoms with Crippen molar-refractivity contribution in [3.63, 3.8) is 0 Å². The summed E-state index contributed by atoms with van der Waals surface area (Å²) in [6, 6.07) is 0. The van der Waals surface area contributed by atoms with E-state index in [0.717, 1.165) is 17.9 Å². The van der Waals surface area contributed by atoms with Crippen LogP contribution in [0.5, 0.6) is 0 Å². The Labute approximate surface area is 146 Å². The van der Waals surface area contributed by atoms with E-state index in [4.69, 9.17) is 5.11 Å². The first-order chi connectivity index (χ1) is 10.7. The SMILES string of the molecule is CCCN(CC(F)(F)F)C(=O)C1CCCN(CCCC(=O)O)C1.Cl. The second kappa shape index (κ2) is 10.8. The average molecular weight is 375 g/mol. The van der Waals surface area contributed by atoms with E-state index in [1.54, 1.807) is 6.92 Å². The second-order valence-electron chi connectivity index (χ2n) is 6.01. The summed E-state index contributed by atoms with van der Waals surface area (Å²) in [4.78, 5) is 25.8. The zero-order valence-corrected chi connectivity index (χ0v) is 14.7. The number of piperidine rings is 1. The van der Waals surface area contributed by atoms with Crippen LogP contribution in [0, 0.1) is 5.92 Å². The molecule has 1 amide bonds. The number of carbonyl (C=O) groups excluding carboxylic acids is 1. The molecule has 0 spiro atoms. The topological polar surface area (TPSA) is 60.9 Å². The van der Waals surface area contributed by atoms with Gasteiger partial charge < -0.3 is 14.9 Å². The molecular formula is C15H26ClF3N2O3. The molecule has 9 heteroatoms. The van der Waals surface area contributed by atoms with Gasteiger partial charge in [0.05, 0.1) is 5.92 Å². The Hall–Kier alpha value is -1.02. The van der Waals surface area contributed by atoms with Crippen molar-refractivity contribution < 1.29 is 27.9 Å². The van der Waals surface area contributed by atoms with E-state index in [1.165, 1.54) is 0 Å². The predicted octanol–water partition coefficient (Wildman–Crippen LogP) is 2.79. The monoisotopic (exact) mass is 374 g/mol. The lowest BCUT2D eigenvalue weighted by atomic mass is 9.96. The molecule has 0 saturated carbocycles. The van der Waals surface area contributed by atoms with Gasteiger partial charge in [-0.2, -0.15) is 13.2 Å². The third-order valence-corrected chi connectivity index (χ3v) is 3.90. The highest BCUT2D eigenvalue weighted by atomic mass is 35.5. The molecule has 1 fully saturated rings. The molecule has 1 aliphatic rings. The lowest BCUT2D eigenvalue weighted by Gasteiger charge is -2.35. The molecular weight excluding hydrogens is 349 g/mol. The van der Waals surface area contributed by atoms with E-state index < -0.39 is 30.5 Å². The maximum atomic E-state index is 12.6. The van der Waals surface area contributed by atoms with Crippen LogP contribution in [-0.4, -0.2) is 65.7 Å². The van der Waals surface area contributed by atoms with Crippen LogP contribution in [-0.2, 0) is 9.59 Å². The minimum Gasteiger partial charge on any atom is -0.481 e. The number of hydrogen-bond donors (Lipinski definition) is 1. The van der Waals surface area contributed by atoms with Crippen LogP contribution in [0.1, 0.15) is 39.0 Å². The fourth-order valence-corrected chi connectivity index (χ4v) is 2.93. The zero-order valence-electron chi connectivity index (χ0n) is 13.8. The number of carboxylic acid groups (broad SMARTS) is 1. The van der Waals surface area contributed by atoms with Crippen molar-refractivity contribution >= 4 is 24.3 Å². The first kappa shape index (κ1) is 23.0. The second-order valence-corrected chi connectivity index (χ2v) is 6.01. The quantitative estimate of drug-likeness (QED) is 0.709. The number of aliphatic carboxylic acids is 1. The maximum absolute atomic E-state index is 12.6. The Morgan fingerprint density at radius 3 is 2.54 bits per heavy atom. The summed E-state index contributed by atoms with van der Waals surface area (Å²) < 4.78 is 37.8. The molecule has 5 nitrogen and oxygen atoms in total. The highest BCUT2D eigenvalue weighted by molar-refractivity contribution is 5.85. The van der Waals surface area contributed by atoms with Gasteiger partial charge in [0.15, 0.2) is 0 Å². The van der Waals surface area contributed by atoms with Crippen LogP contribution in [0.15, 0.2) is 0 Å². The largest absolute Gasteiger partial charge is 0.481 e. The molecule has 1 unspecified atom stereocenters. The van der Waals surface area contributed by atoms with E-state index in [-0.39, 0.29) is 25.4 Å². The van der Waals surface area contributed by atoms with Crippen molar-refractivity contribution in [3.05, 3.63) is 0 Å². The fourth-order valence-electron chi connectivity index (χ4n) is 2.93. The van der Waals surface area contributed by atoms with Crippen molar-refractivity contribution in [1.82, 2.24) is 9.80 Å². The van der Waals surface area contributed by atoms with Crippen LogP contribution in [0.25, 0.3) is 0 Å². The third-order valence-electron chi connectivity index (χ3n) is 3.90. The summed E-state index contributed by atoms with van der Waals surface area (Å²) in [6.07, 6.45) is -2.03. The Morgan fingerprint density at radius 2 is 2.00 bits per heavy atom. The van der Waals surface area contributed by atoms with Crippen LogP contribution in [0.3, 0.4) is 0 Å². The zero-order chi connectivity index (χ0) is 17.5. The number of hydrogen-bond acceptors (Lipinski definition) is 3. The summed E-state index contributed by atoms with van der Waals surface area (Å²) in [6.45, 7) is 2.38. The number of likely N-dealkylation sites (tertiary alicyclic amines) is 1. The van der Waals surface area contributed by atoms with Crippen molar-refractivity contribution in [2.24, 2.45) is 5.92 Å². The third kappa shape index (κ3) is 8.73. The Kier molecular flexibility index (Phi) is 10.3. The summed E-state index contributed by atoms with van der Waals surface area (Å²) in [5.74, 6) is -1.73. The molecule has 0 aromatic rings. The summed E-state index contributed by atoms with van der Waals surface area (Å²) in [5, 5.41) is 8.64. The molecule has 1 N–H and O–H groups in total. The van der Waals surface area contributed by atoms with Crippen LogP contribution in [0.2, 0.25) is 0 Å². The molecule has 1 aliphatic heterocycles. The Balaban J connectivity index is 0.00000529. The number of nitrogens with zero attached hydrogens (tertiary/aromatic N) is 2. The molecule has 1 rings (SSSR count). The van der Waals surface area contributed by atoms with E-state index in [9.17, 15) is 22.8 Å². The lowest BCUT2D eigenvalue weighted by molar-refractivity contribution is -0.164. The van der Waals surface area contributed by atoms with Crippen molar-refractivity contribution in [1.29, 1.82) is 0 Å². The molecule has 1 heterocycles. The minimum absolute atomic E-state index is 0. The number of carbonyl (C=O) groups is 2. The van der Waals surface area contributed by atoms with E-state index in [1.807, 2.05) is 4.90 Å². The fraction of sp³-hybridized carbons (Fsp3) is 0.867. The standard InChI is InChI=1S/C15H25F3N2O3.ClH/c1-2-7-20(11-15(16,17)18)14(23)12-5-3-8-19(10-12)9-4-6-13(21)22;/h12H,2-11H2,1H3,(H,21,22);1H. The Morgan fingerprint density at radius 1 is 1.33 bits per heavy atom. The molecule has 1 atom stereocenters. The summed E-state index contributed by atoms with van der Waals surface area (Å²) in [7, 11) is 0. The van der Waals surface area contributed by atoms with Crippen molar-refractivity contribution in [2.45, 2.75) is 45.2 Å². The molecule has 0 aromatic carbocycles. The van der Waals surface area contributed by atoms with Crippen molar-refractivity contribution in [2.75, 3.05) is 32.7 Å². The molecule has 1 saturated heterocycles. The van der Waals surface area contributed by atoms with Crippen LogP contribution < -0.4 is 0 Å². The number of rotatable bonds is 8. The molecule has 24 heavy (non-hydrogen) atoms. The van der Waals surface area contributed by atoms with Gasteiger partial charge in [0, 0.05) is 19.5 Å². The van der Waals surface area contributed by atoms with Gasteiger partial charge in [-0.05, 0) is 38.8 Å². The molecule has 0 bridgehead atoms.